The third-order valence-electron chi connectivity index (χ3n) is 5.77. The molecule has 1 aliphatic heterocycles. The van der Waals surface area contributed by atoms with Crippen LogP contribution in [0.1, 0.15) is 17.5 Å². The number of rotatable bonds is 10. The van der Waals surface area contributed by atoms with E-state index >= 15 is 0 Å². The van der Waals surface area contributed by atoms with Crippen LogP contribution in [0.5, 0.6) is 0 Å². The number of carbonyl (C=O) groups excluding carboxylic acids is 1. The predicted molar refractivity (Wildman–Crippen MR) is 118 cm³/mol. The van der Waals surface area contributed by atoms with Crippen LogP contribution in [0.4, 0.5) is 0 Å². The Bertz CT molecular complexity index is 774. The van der Waals surface area contributed by atoms with Crippen LogP contribution in [-0.4, -0.2) is 77.2 Å². The molecular formula is C23H33N5O2. The molecular weight excluding hydrogens is 378 g/mol. The molecule has 0 radical (unpaired) electrons. The van der Waals surface area contributed by atoms with E-state index in [0.29, 0.717) is 26.1 Å². The Morgan fingerprint density at radius 2 is 2.00 bits per heavy atom. The van der Waals surface area contributed by atoms with Gasteiger partial charge in [-0.1, -0.05) is 36.4 Å². The molecule has 162 valence electrons. The van der Waals surface area contributed by atoms with Gasteiger partial charge in [-0.2, -0.15) is 0 Å². The number of carbonyl (C=O) groups is 1. The monoisotopic (exact) mass is 411 g/mol. The van der Waals surface area contributed by atoms with Crippen molar-refractivity contribution >= 4 is 5.91 Å². The van der Waals surface area contributed by atoms with Gasteiger partial charge in [0.25, 0.3) is 0 Å². The number of likely N-dealkylation sites (N-methyl/N-ethyl adjacent to an activating group) is 1. The Morgan fingerprint density at radius 1 is 1.23 bits per heavy atom. The predicted octanol–water partition coefficient (Wildman–Crippen LogP) is 0.635. The summed E-state index contributed by atoms with van der Waals surface area (Å²) in [6.45, 7) is 3.28. The maximum atomic E-state index is 12.1. The Hall–Kier alpha value is -2.32. The second-order valence-electron chi connectivity index (χ2n) is 8.07. The van der Waals surface area contributed by atoms with Gasteiger partial charge in [-0.15, -0.1) is 0 Å². The highest BCUT2D eigenvalue weighted by molar-refractivity contribution is 5.80. The molecule has 1 aromatic carbocycles. The smallest absolute Gasteiger partial charge is 0.236 e. The number of benzene rings is 1. The third-order valence-corrected chi connectivity index (χ3v) is 5.77. The van der Waals surface area contributed by atoms with Gasteiger partial charge in [0, 0.05) is 51.2 Å². The fourth-order valence-electron chi connectivity index (χ4n) is 4.13. The van der Waals surface area contributed by atoms with Crippen molar-refractivity contribution in [2.24, 2.45) is 5.73 Å². The van der Waals surface area contributed by atoms with Crippen LogP contribution in [0.3, 0.4) is 0 Å². The van der Waals surface area contributed by atoms with E-state index in [2.05, 4.69) is 27.3 Å². The second kappa shape index (κ2) is 11.2. The van der Waals surface area contributed by atoms with Crippen LogP contribution in [0, 0.1) is 0 Å². The lowest BCUT2D eigenvalue weighted by atomic mass is 9.99. The first kappa shape index (κ1) is 22.4. The molecule has 3 rings (SSSR count). The fraction of sp³-hybridized carbons (Fsp3) is 0.478. The minimum absolute atomic E-state index is 0.168. The van der Waals surface area contributed by atoms with Gasteiger partial charge >= 0.3 is 0 Å². The quantitative estimate of drug-likeness (QED) is 0.531. The van der Waals surface area contributed by atoms with Crippen LogP contribution in [0.25, 0.3) is 0 Å². The number of primary amides is 1. The van der Waals surface area contributed by atoms with E-state index in [1.54, 1.807) is 6.20 Å². The van der Waals surface area contributed by atoms with E-state index in [9.17, 15) is 9.90 Å². The molecule has 7 nitrogen and oxygen atoms in total. The van der Waals surface area contributed by atoms with Crippen molar-refractivity contribution in [1.82, 2.24) is 20.1 Å². The summed E-state index contributed by atoms with van der Waals surface area (Å²) in [5, 5.41) is 14.0. The molecule has 1 saturated heterocycles. The number of aliphatic hydroxyl groups excluding tert-OH is 1. The summed E-state index contributed by atoms with van der Waals surface area (Å²) in [5.74, 6) is -0.340. The van der Waals surface area contributed by atoms with Crippen LogP contribution in [0.2, 0.25) is 0 Å². The van der Waals surface area contributed by atoms with Crippen molar-refractivity contribution in [2.75, 3.05) is 33.2 Å². The highest BCUT2D eigenvalue weighted by Gasteiger charge is 2.32. The van der Waals surface area contributed by atoms with E-state index in [1.807, 2.05) is 48.5 Å². The highest BCUT2D eigenvalue weighted by Crippen LogP contribution is 2.15. The number of β-amino-alcohol motifs (C(OH)–C–C–N with tert-alkyl or cyclic N) is 1. The number of hydrogen-bond donors (Lipinski definition) is 3. The van der Waals surface area contributed by atoms with Crippen LogP contribution >= 0.6 is 0 Å². The van der Waals surface area contributed by atoms with Crippen molar-refractivity contribution < 1.29 is 9.90 Å². The average Bonchev–Trinajstić information content (AvgIpc) is 2.75. The first-order chi connectivity index (χ1) is 14.5. The number of nitrogens with two attached hydrogens (primary N) is 1. The number of pyridine rings is 1. The summed E-state index contributed by atoms with van der Waals surface area (Å²) in [6, 6.07) is 14.0. The molecule has 1 aromatic heterocycles. The lowest BCUT2D eigenvalue weighted by molar-refractivity contribution is -0.126. The van der Waals surface area contributed by atoms with Gasteiger partial charge in [0.2, 0.25) is 5.91 Å². The van der Waals surface area contributed by atoms with E-state index in [-0.39, 0.29) is 11.9 Å². The molecule has 1 fully saturated rings. The summed E-state index contributed by atoms with van der Waals surface area (Å²) in [4.78, 5) is 20.5. The Kier molecular flexibility index (Phi) is 8.33. The minimum atomic E-state index is -0.530. The number of aromatic nitrogens is 1. The van der Waals surface area contributed by atoms with Gasteiger partial charge in [-0.3, -0.25) is 19.6 Å². The molecule has 0 unspecified atom stereocenters. The maximum Gasteiger partial charge on any atom is 0.236 e. The van der Waals surface area contributed by atoms with Gasteiger partial charge < -0.3 is 16.2 Å². The fourth-order valence-corrected chi connectivity index (χ4v) is 4.13. The lowest BCUT2D eigenvalue weighted by Gasteiger charge is -2.41. The van der Waals surface area contributed by atoms with Crippen molar-refractivity contribution in [3.8, 4) is 0 Å². The van der Waals surface area contributed by atoms with Gasteiger partial charge in [0.1, 0.15) is 6.04 Å². The zero-order valence-electron chi connectivity index (χ0n) is 17.7. The number of piperazine rings is 1. The molecule has 0 aliphatic carbocycles. The molecule has 2 heterocycles. The number of nitrogens with zero attached hydrogens (tertiary/aromatic N) is 3. The van der Waals surface area contributed by atoms with Gasteiger partial charge in [0.05, 0.1) is 6.10 Å². The largest absolute Gasteiger partial charge is 0.392 e. The zero-order valence-corrected chi connectivity index (χ0v) is 17.7. The maximum absolute atomic E-state index is 12.1. The van der Waals surface area contributed by atoms with Crippen LogP contribution < -0.4 is 11.1 Å². The number of amides is 1. The van der Waals surface area contributed by atoms with Crippen molar-refractivity contribution in [3.63, 3.8) is 0 Å². The van der Waals surface area contributed by atoms with Crippen LogP contribution in [-0.2, 0) is 17.8 Å². The average molecular weight is 412 g/mol. The number of nitrogens with one attached hydrogen (secondary N) is 1. The number of aliphatic hydroxyl groups is 1. The van der Waals surface area contributed by atoms with E-state index in [1.165, 1.54) is 5.56 Å². The highest BCUT2D eigenvalue weighted by atomic mass is 16.3. The summed E-state index contributed by atoms with van der Waals surface area (Å²) >= 11 is 0. The van der Waals surface area contributed by atoms with E-state index in [0.717, 1.165) is 25.1 Å². The van der Waals surface area contributed by atoms with E-state index < -0.39 is 12.1 Å². The molecule has 0 saturated carbocycles. The summed E-state index contributed by atoms with van der Waals surface area (Å²) in [6.07, 6.45) is 4.54. The second-order valence-corrected chi connectivity index (χ2v) is 8.07. The standard InChI is InChI=1S/C23H33N5O2/c1-25-20(12-18-6-3-2-4-7-18)13-21(29)16-28-11-10-27(17-22(28)23(24)30)15-19-8-5-9-26-14-19/h2-9,14,20-22,25,29H,10-13,15-17H2,1H3,(H2,24,30)/t20-,21+,22+/m1/s1. The van der Waals surface area contributed by atoms with Crippen molar-refractivity contribution in [2.45, 2.75) is 37.6 Å². The molecule has 3 atom stereocenters. The summed E-state index contributed by atoms with van der Waals surface area (Å²) in [5.41, 5.74) is 8.06. The molecule has 30 heavy (non-hydrogen) atoms. The van der Waals surface area contributed by atoms with E-state index in [4.69, 9.17) is 5.73 Å². The Morgan fingerprint density at radius 3 is 2.67 bits per heavy atom. The first-order valence-electron chi connectivity index (χ1n) is 10.6. The zero-order chi connectivity index (χ0) is 21.3. The molecule has 2 aromatic rings. The summed E-state index contributed by atoms with van der Waals surface area (Å²) < 4.78 is 0. The number of hydrogen-bond acceptors (Lipinski definition) is 6. The van der Waals surface area contributed by atoms with Crippen LogP contribution in [0.15, 0.2) is 54.9 Å². The Balaban J connectivity index is 1.53. The Labute approximate surface area is 178 Å². The molecule has 0 bridgehead atoms. The van der Waals surface area contributed by atoms with Gasteiger partial charge in [-0.25, -0.2) is 0 Å². The third kappa shape index (κ3) is 6.60. The molecule has 1 aliphatic rings. The van der Waals surface area contributed by atoms with Gasteiger partial charge in [-0.05, 0) is 37.1 Å². The summed E-state index contributed by atoms with van der Waals surface area (Å²) in [7, 11) is 1.92. The normalized spacial score (nSPS) is 20.0. The van der Waals surface area contributed by atoms with Crippen molar-refractivity contribution in [1.29, 1.82) is 0 Å². The lowest BCUT2D eigenvalue weighted by Crippen LogP contribution is -2.59. The van der Waals surface area contributed by atoms with Crippen molar-refractivity contribution in [3.05, 3.63) is 66.0 Å². The molecule has 0 spiro atoms. The van der Waals surface area contributed by atoms with Gasteiger partial charge in [0.15, 0.2) is 0 Å². The molecule has 1 amide bonds. The molecule has 7 heteroatoms. The SMILES string of the molecule is CN[C@H](Cc1ccccc1)C[C@H](O)CN1CCN(Cc2cccnc2)C[C@H]1C(N)=O. The topological polar surface area (TPSA) is 94.7 Å². The molecule has 4 N–H and O–H groups in total. The minimum Gasteiger partial charge on any atom is -0.392 e. The first-order valence-corrected chi connectivity index (χ1v) is 10.6.